The first-order valence-electron chi connectivity index (χ1n) is 7.28. The number of hydrogen-bond acceptors (Lipinski definition) is 5. The minimum atomic E-state index is -4.32. The van der Waals surface area contributed by atoms with Crippen molar-refractivity contribution in [3.63, 3.8) is 0 Å². The summed E-state index contributed by atoms with van der Waals surface area (Å²) in [4.78, 5) is 12.4. The van der Waals surface area contributed by atoms with Gasteiger partial charge in [0, 0.05) is 12.1 Å². The zero-order chi connectivity index (χ0) is 18.2. The Morgan fingerprint density at radius 1 is 1.33 bits per heavy atom. The zero-order valence-corrected chi connectivity index (χ0v) is 14.3. The zero-order valence-electron chi connectivity index (χ0n) is 13.5. The summed E-state index contributed by atoms with van der Waals surface area (Å²) in [5.41, 5.74) is 2.15. The van der Waals surface area contributed by atoms with Gasteiger partial charge in [-0.2, -0.15) is 13.7 Å². The molecule has 7 nitrogen and oxygen atoms in total. The van der Waals surface area contributed by atoms with E-state index in [2.05, 4.69) is 6.58 Å². The van der Waals surface area contributed by atoms with Gasteiger partial charge in [0.15, 0.2) is 0 Å². The average molecular weight is 350 g/mol. The highest BCUT2D eigenvalue weighted by atomic mass is 32.2. The van der Waals surface area contributed by atoms with Gasteiger partial charge in [0.25, 0.3) is 15.7 Å². The van der Waals surface area contributed by atoms with E-state index in [0.717, 1.165) is 22.1 Å². The Kier molecular flexibility index (Phi) is 4.69. The molecule has 0 atom stereocenters. The third-order valence-corrected chi connectivity index (χ3v) is 4.90. The smallest absolute Gasteiger partial charge is 0.271 e. The second-order valence-corrected chi connectivity index (χ2v) is 7.38. The Balaban J connectivity index is 2.78. The van der Waals surface area contributed by atoms with Crippen LogP contribution in [0.25, 0.3) is 5.57 Å². The lowest BCUT2D eigenvalue weighted by Gasteiger charge is -2.18. The number of aromatic nitrogens is 1. The summed E-state index contributed by atoms with van der Waals surface area (Å²) in [6, 6.07) is 1.81. The van der Waals surface area contributed by atoms with Crippen molar-refractivity contribution in [3.05, 3.63) is 44.8 Å². The number of hydrogen-bond donors (Lipinski definition) is 2. The molecule has 0 aromatic carbocycles. The van der Waals surface area contributed by atoms with Crippen LogP contribution >= 0.6 is 0 Å². The van der Waals surface area contributed by atoms with Crippen molar-refractivity contribution < 1.29 is 18.1 Å². The fraction of sp³-hybridized carbons (Fsp3) is 0.375. The summed E-state index contributed by atoms with van der Waals surface area (Å²) >= 11 is 0. The molecule has 1 aromatic rings. The fourth-order valence-electron chi connectivity index (χ4n) is 2.94. The lowest BCUT2D eigenvalue weighted by atomic mass is 9.94. The molecule has 0 saturated heterocycles. The van der Waals surface area contributed by atoms with Gasteiger partial charge in [-0.3, -0.25) is 13.9 Å². The SMILES string of the molecule is C=C1CCC(C)=C1c1c(C)c(C#N)c(=O)n(CCS(=O)(=O)O)c1O. The third-order valence-electron chi connectivity index (χ3n) is 4.21. The quantitative estimate of drug-likeness (QED) is 0.798. The van der Waals surface area contributed by atoms with Crippen LogP contribution in [-0.4, -0.2) is 28.4 Å². The summed E-state index contributed by atoms with van der Waals surface area (Å²) in [6.07, 6.45) is 1.48. The van der Waals surface area contributed by atoms with Crippen LogP contribution < -0.4 is 5.56 Å². The average Bonchev–Trinajstić information content (AvgIpc) is 2.78. The van der Waals surface area contributed by atoms with Crippen LogP contribution in [0.3, 0.4) is 0 Å². The Morgan fingerprint density at radius 3 is 2.42 bits per heavy atom. The highest BCUT2D eigenvalue weighted by molar-refractivity contribution is 7.85. The van der Waals surface area contributed by atoms with Gasteiger partial charge in [0.2, 0.25) is 5.88 Å². The molecule has 2 rings (SSSR count). The van der Waals surface area contributed by atoms with E-state index in [9.17, 15) is 23.6 Å². The highest BCUT2D eigenvalue weighted by Gasteiger charge is 2.26. The van der Waals surface area contributed by atoms with Gasteiger partial charge in [0.1, 0.15) is 11.6 Å². The van der Waals surface area contributed by atoms with Gasteiger partial charge in [-0.1, -0.05) is 12.2 Å². The van der Waals surface area contributed by atoms with Crippen molar-refractivity contribution in [2.45, 2.75) is 33.2 Å². The molecule has 0 saturated carbocycles. The van der Waals surface area contributed by atoms with E-state index in [0.29, 0.717) is 23.1 Å². The number of nitrogens with zero attached hydrogens (tertiary/aromatic N) is 2. The molecule has 0 spiro atoms. The first kappa shape index (κ1) is 18.0. The molecule has 2 N–H and O–H groups in total. The largest absolute Gasteiger partial charge is 0.494 e. The van der Waals surface area contributed by atoms with E-state index >= 15 is 0 Å². The Labute approximate surface area is 139 Å². The first-order chi connectivity index (χ1) is 11.1. The maximum absolute atomic E-state index is 12.4. The van der Waals surface area contributed by atoms with Gasteiger partial charge in [-0.25, -0.2) is 0 Å². The minimum absolute atomic E-state index is 0.168. The number of nitriles is 1. The standard InChI is InChI=1S/C16H18N2O5S/c1-9-4-5-10(2)13(9)14-11(3)12(8-17)15(19)18(16(14)20)6-7-24(21,22)23/h20H,1,4-7H2,2-3H3,(H,21,22,23). The summed E-state index contributed by atoms with van der Waals surface area (Å²) in [5.74, 6) is -1.16. The number of aromatic hydroxyl groups is 1. The Bertz CT molecular complexity index is 962. The molecule has 1 aromatic heterocycles. The molecule has 0 unspecified atom stereocenters. The molecule has 1 aliphatic carbocycles. The van der Waals surface area contributed by atoms with E-state index in [1.165, 1.54) is 0 Å². The summed E-state index contributed by atoms with van der Waals surface area (Å²) in [6.45, 7) is 6.95. The molecule has 0 amide bonds. The molecular formula is C16H18N2O5S. The summed E-state index contributed by atoms with van der Waals surface area (Å²) in [7, 11) is -4.32. The van der Waals surface area contributed by atoms with E-state index in [1.807, 2.05) is 13.0 Å². The van der Waals surface area contributed by atoms with E-state index < -0.39 is 33.9 Å². The maximum atomic E-state index is 12.4. The first-order valence-corrected chi connectivity index (χ1v) is 8.89. The van der Waals surface area contributed by atoms with Crippen LogP contribution in [0, 0.1) is 18.3 Å². The normalized spacial score (nSPS) is 15.0. The predicted octanol–water partition coefficient (Wildman–Crippen LogP) is 1.75. The molecule has 24 heavy (non-hydrogen) atoms. The molecule has 0 aliphatic heterocycles. The number of pyridine rings is 1. The van der Waals surface area contributed by atoms with E-state index in [-0.39, 0.29) is 5.56 Å². The molecule has 8 heteroatoms. The Morgan fingerprint density at radius 2 is 1.96 bits per heavy atom. The van der Waals surface area contributed by atoms with Crippen LogP contribution in [0.4, 0.5) is 0 Å². The molecule has 0 radical (unpaired) electrons. The maximum Gasteiger partial charge on any atom is 0.271 e. The summed E-state index contributed by atoms with van der Waals surface area (Å²) in [5, 5.41) is 19.9. The molecule has 0 bridgehead atoms. The van der Waals surface area contributed by atoms with Crippen LogP contribution in [0.2, 0.25) is 0 Å². The number of allylic oxidation sites excluding steroid dienone is 3. The molecule has 1 heterocycles. The highest BCUT2D eigenvalue weighted by Crippen LogP contribution is 2.42. The van der Waals surface area contributed by atoms with Crippen molar-refractivity contribution in [1.82, 2.24) is 4.57 Å². The lowest BCUT2D eigenvalue weighted by Crippen LogP contribution is -2.28. The van der Waals surface area contributed by atoms with Crippen LogP contribution in [0.1, 0.15) is 36.5 Å². The predicted molar refractivity (Wildman–Crippen MR) is 89.2 cm³/mol. The molecular weight excluding hydrogens is 332 g/mol. The Hall–Kier alpha value is -2.37. The van der Waals surface area contributed by atoms with Crippen molar-refractivity contribution in [2.75, 3.05) is 5.75 Å². The van der Waals surface area contributed by atoms with Crippen LogP contribution in [0.15, 0.2) is 22.5 Å². The molecule has 0 fully saturated rings. The van der Waals surface area contributed by atoms with E-state index in [4.69, 9.17) is 4.55 Å². The second kappa shape index (κ2) is 6.26. The third kappa shape index (κ3) is 3.13. The van der Waals surface area contributed by atoms with Crippen molar-refractivity contribution in [3.8, 4) is 11.9 Å². The lowest BCUT2D eigenvalue weighted by molar-refractivity contribution is 0.406. The van der Waals surface area contributed by atoms with Gasteiger partial charge < -0.3 is 5.11 Å². The van der Waals surface area contributed by atoms with Gasteiger partial charge in [-0.05, 0) is 43.4 Å². The van der Waals surface area contributed by atoms with Crippen molar-refractivity contribution >= 4 is 15.7 Å². The van der Waals surface area contributed by atoms with Crippen molar-refractivity contribution in [2.24, 2.45) is 0 Å². The minimum Gasteiger partial charge on any atom is -0.494 e. The molecule has 128 valence electrons. The molecule has 1 aliphatic rings. The van der Waals surface area contributed by atoms with Crippen LogP contribution in [0.5, 0.6) is 5.88 Å². The van der Waals surface area contributed by atoms with E-state index in [1.54, 1.807) is 6.92 Å². The monoisotopic (exact) mass is 350 g/mol. The topological polar surface area (TPSA) is 120 Å². The van der Waals surface area contributed by atoms with Gasteiger partial charge in [-0.15, -0.1) is 0 Å². The van der Waals surface area contributed by atoms with Crippen LogP contribution in [-0.2, 0) is 16.7 Å². The summed E-state index contributed by atoms with van der Waals surface area (Å²) < 4.78 is 31.6. The van der Waals surface area contributed by atoms with Gasteiger partial charge in [0.05, 0.1) is 5.75 Å². The number of rotatable bonds is 4. The van der Waals surface area contributed by atoms with Crippen molar-refractivity contribution in [1.29, 1.82) is 5.26 Å². The fourth-order valence-corrected chi connectivity index (χ4v) is 3.36. The second-order valence-electron chi connectivity index (χ2n) is 5.81. The van der Waals surface area contributed by atoms with Gasteiger partial charge >= 0.3 is 0 Å².